The molecule has 0 unspecified atom stereocenters. The van der Waals surface area contributed by atoms with Crippen molar-refractivity contribution in [2.45, 2.75) is 38.8 Å². The normalized spacial score (nSPS) is 19.6. The molecular formula is C20H25FN4O. The van der Waals surface area contributed by atoms with E-state index >= 15 is 0 Å². The number of likely N-dealkylation sites (tertiary alicyclic amines) is 1. The van der Waals surface area contributed by atoms with Crippen LogP contribution in [-0.4, -0.2) is 51.4 Å². The van der Waals surface area contributed by atoms with Gasteiger partial charge in [0.15, 0.2) is 0 Å². The SMILES string of the molecule is CCN1CCn2c(-c3cccc(F)c3)cnc2C12CCN(C(C)=O)CC2. The third-order valence-corrected chi connectivity index (χ3v) is 6.01. The zero-order chi connectivity index (χ0) is 18.3. The lowest BCUT2D eigenvalue weighted by molar-refractivity contribution is -0.132. The lowest BCUT2D eigenvalue weighted by Gasteiger charge is -2.50. The van der Waals surface area contributed by atoms with Crippen LogP contribution < -0.4 is 0 Å². The first-order valence-electron chi connectivity index (χ1n) is 9.37. The minimum Gasteiger partial charge on any atom is -0.343 e. The van der Waals surface area contributed by atoms with Gasteiger partial charge in [0, 0.05) is 38.7 Å². The lowest BCUT2D eigenvalue weighted by Crippen LogP contribution is -2.58. The molecule has 0 bridgehead atoms. The van der Waals surface area contributed by atoms with E-state index in [9.17, 15) is 9.18 Å². The molecule has 0 N–H and O–H groups in total. The zero-order valence-electron chi connectivity index (χ0n) is 15.4. The highest BCUT2D eigenvalue weighted by atomic mass is 19.1. The van der Waals surface area contributed by atoms with Crippen molar-refractivity contribution in [1.82, 2.24) is 19.4 Å². The molecule has 1 aromatic heterocycles. The molecule has 2 aromatic rings. The molecule has 2 aliphatic heterocycles. The molecule has 6 heteroatoms. The summed E-state index contributed by atoms with van der Waals surface area (Å²) in [6.45, 7) is 8.10. The molecule has 0 saturated carbocycles. The van der Waals surface area contributed by atoms with Crippen molar-refractivity contribution >= 4 is 5.91 Å². The second-order valence-electron chi connectivity index (χ2n) is 7.25. The molecule has 4 rings (SSSR count). The van der Waals surface area contributed by atoms with Gasteiger partial charge in [-0.2, -0.15) is 0 Å². The van der Waals surface area contributed by atoms with E-state index in [1.807, 2.05) is 17.2 Å². The van der Waals surface area contributed by atoms with Crippen LogP contribution in [0.4, 0.5) is 4.39 Å². The fourth-order valence-corrected chi connectivity index (χ4v) is 4.62. The van der Waals surface area contributed by atoms with Gasteiger partial charge < -0.3 is 9.47 Å². The van der Waals surface area contributed by atoms with Crippen molar-refractivity contribution in [3.8, 4) is 11.3 Å². The summed E-state index contributed by atoms with van der Waals surface area (Å²) >= 11 is 0. The number of likely N-dealkylation sites (N-methyl/N-ethyl adjacent to an activating group) is 1. The van der Waals surface area contributed by atoms with Crippen LogP contribution >= 0.6 is 0 Å². The summed E-state index contributed by atoms with van der Waals surface area (Å²) in [4.78, 5) is 21.0. The maximum atomic E-state index is 13.7. The second kappa shape index (κ2) is 6.50. The van der Waals surface area contributed by atoms with E-state index in [0.29, 0.717) is 0 Å². The summed E-state index contributed by atoms with van der Waals surface area (Å²) < 4.78 is 16.0. The number of benzene rings is 1. The number of rotatable bonds is 2. The molecule has 1 aromatic carbocycles. The third kappa shape index (κ3) is 2.63. The molecule has 3 heterocycles. The first-order chi connectivity index (χ1) is 12.5. The van der Waals surface area contributed by atoms with E-state index in [-0.39, 0.29) is 17.3 Å². The number of aromatic nitrogens is 2. The summed E-state index contributed by atoms with van der Waals surface area (Å²) in [5, 5.41) is 0. The molecule has 5 nitrogen and oxygen atoms in total. The first-order valence-corrected chi connectivity index (χ1v) is 9.37. The molecule has 0 atom stereocenters. The van der Waals surface area contributed by atoms with Crippen LogP contribution in [0.3, 0.4) is 0 Å². The number of piperidine rings is 1. The van der Waals surface area contributed by atoms with Crippen LogP contribution in [0.2, 0.25) is 0 Å². The monoisotopic (exact) mass is 356 g/mol. The molecule has 1 amide bonds. The van der Waals surface area contributed by atoms with Crippen molar-refractivity contribution in [3.05, 3.63) is 42.1 Å². The Hall–Kier alpha value is -2.21. The van der Waals surface area contributed by atoms with Crippen molar-refractivity contribution in [2.24, 2.45) is 0 Å². The number of carbonyl (C=O) groups is 1. The summed E-state index contributed by atoms with van der Waals surface area (Å²) in [6.07, 6.45) is 3.66. The Morgan fingerprint density at radius 3 is 2.65 bits per heavy atom. The molecule has 2 aliphatic rings. The maximum Gasteiger partial charge on any atom is 0.219 e. The van der Waals surface area contributed by atoms with E-state index in [2.05, 4.69) is 16.4 Å². The molecular weight excluding hydrogens is 331 g/mol. The van der Waals surface area contributed by atoms with Gasteiger partial charge in [-0.05, 0) is 31.5 Å². The van der Waals surface area contributed by atoms with Crippen LogP contribution in [0.1, 0.15) is 32.5 Å². The molecule has 138 valence electrons. The Morgan fingerprint density at radius 2 is 2.00 bits per heavy atom. The second-order valence-corrected chi connectivity index (χ2v) is 7.25. The van der Waals surface area contributed by atoms with Crippen molar-refractivity contribution < 1.29 is 9.18 Å². The minimum atomic E-state index is -0.228. The van der Waals surface area contributed by atoms with Gasteiger partial charge in [0.25, 0.3) is 0 Å². The number of hydrogen-bond acceptors (Lipinski definition) is 3. The Labute approximate surface area is 153 Å². The average molecular weight is 356 g/mol. The van der Waals surface area contributed by atoms with Gasteiger partial charge in [0.2, 0.25) is 5.91 Å². The van der Waals surface area contributed by atoms with Gasteiger partial charge in [0.05, 0.1) is 17.4 Å². The minimum absolute atomic E-state index is 0.134. The summed E-state index contributed by atoms with van der Waals surface area (Å²) in [7, 11) is 0. The Kier molecular flexibility index (Phi) is 4.31. The van der Waals surface area contributed by atoms with Crippen LogP contribution in [0.15, 0.2) is 30.5 Å². The van der Waals surface area contributed by atoms with Gasteiger partial charge in [0.1, 0.15) is 11.6 Å². The van der Waals surface area contributed by atoms with E-state index in [1.54, 1.807) is 19.1 Å². The number of halogens is 1. The van der Waals surface area contributed by atoms with Gasteiger partial charge in [-0.15, -0.1) is 0 Å². The highest BCUT2D eigenvalue weighted by Gasteiger charge is 2.46. The number of imidazole rings is 1. The summed E-state index contributed by atoms with van der Waals surface area (Å²) in [5.74, 6) is 0.976. The van der Waals surface area contributed by atoms with Crippen LogP contribution in [0.5, 0.6) is 0 Å². The molecule has 0 aliphatic carbocycles. The van der Waals surface area contributed by atoms with E-state index < -0.39 is 0 Å². The quantitative estimate of drug-likeness (QED) is 0.831. The van der Waals surface area contributed by atoms with Gasteiger partial charge in [-0.1, -0.05) is 19.1 Å². The van der Waals surface area contributed by atoms with Crippen LogP contribution in [0, 0.1) is 5.82 Å². The standard InChI is InChI=1S/C20H25FN4O/c1-3-24-11-12-25-18(16-5-4-6-17(21)13-16)14-22-19(25)20(24)7-9-23(10-8-20)15(2)26/h4-6,13-14H,3,7-12H2,1-2H3. The van der Waals surface area contributed by atoms with Gasteiger partial charge >= 0.3 is 0 Å². The fraction of sp³-hybridized carbons (Fsp3) is 0.500. The van der Waals surface area contributed by atoms with Crippen molar-refractivity contribution in [1.29, 1.82) is 0 Å². The third-order valence-electron chi connectivity index (χ3n) is 6.01. The smallest absolute Gasteiger partial charge is 0.219 e. The topological polar surface area (TPSA) is 41.4 Å². The average Bonchev–Trinajstić information content (AvgIpc) is 3.08. The highest BCUT2D eigenvalue weighted by Crippen LogP contribution is 2.42. The molecule has 0 radical (unpaired) electrons. The van der Waals surface area contributed by atoms with E-state index in [0.717, 1.165) is 62.6 Å². The number of fused-ring (bicyclic) bond motifs is 2. The van der Waals surface area contributed by atoms with Crippen molar-refractivity contribution in [3.63, 3.8) is 0 Å². The van der Waals surface area contributed by atoms with Crippen LogP contribution in [-0.2, 0) is 16.9 Å². The van der Waals surface area contributed by atoms with Crippen LogP contribution in [0.25, 0.3) is 11.3 Å². The summed E-state index contributed by atoms with van der Waals surface area (Å²) in [5.41, 5.74) is 1.71. The van der Waals surface area contributed by atoms with Crippen molar-refractivity contribution in [2.75, 3.05) is 26.2 Å². The first kappa shape index (κ1) is 17.2. The predicted molar refractivity (Wildman–Crippen MR) is 98.0 cm³/mol. The molecule has 26 heavy (non-hydrogen) atoms. The Bertz CT molecular complexity index is 823. The number of amides is 1. The molecule has 1 fully saturated rings. The van der Waals surface area contributed by atoms with E-state index in [4.69, 9.17) is 4.98 Å². The highest BCUT2D eigenvalue weighted by molar-refractivity contribution is 5.73. The maximum absolute atomic E-state index is 13.7. The molecule has 1 saturated heterocycles. The van der Waals surface area contributed by atoms with E-state index in [1.165, 1.54) is 6.07 Å². The number of hydrogen-bond donors (Lipinski definition) is 0. The predicted octanol–water partition coefficient (Wildman–Crippen LogP) is 2.86. The molecule has 1 spiro atoms. The fourth-order valence-electron chi connectivity index (χ4n) is 4.62. The number of carbonyl (C=O) groups excluding carboxylic acids is 1. The van der Waals surface area contributed by atoms with Gasteiger partial charge in [-0.3, -0.25) is 9.69 Å². The van der Waals surface area contributed by atoms with Gasteiger partial charge in [-0.25, -0.2) is 9.37 Å². The largest absolute Gasteiger partial charge is 0.343 e. The number of nitrogens with zero attached hydrogens (tertiary/aromatic N) is 4. The lowest BCUT2D eigenvalue weighted by atomic mass is 9.83. The summed E-state index contributed by atoms with van der Waals surface area (Å²) in [6, 6.07) is 6.72. The zero-order valence-corrected chi connectivity index (χ0v) is 15.4. The Morgan fingerprint density at radius 1 is 1.23 bits per heavy atom. The Balaban J connectivity index is 1.74.